The molecule has 0 aliphatic rings. The zero-order valence-corrected chi connectivity index (χ0v) is 14.3. The van der Waals surface area contributed by atoms with Crippen molar-refractivity contribution in [2.45, 2.75) is 46.3 Å². The molecule has 2 amide bonds. The van der Waals surface area contributed by atoms with Gasteiger partial charge in [0.15, 0.2) is 5.82 Å². The maximum atomic E-state index is 12.3. The number of aromatic nitrogens is 5. The van der Waals surface area contributed by atoms with Crippen molar-refractivity contribution in [1.29, 1.82) is 0 Å². The van der Waals surface area contributed by atoms with Gasteiger partial charge in [0.1, 0.15) is 6.33 Å². The lowest BCUT2D eigenvalue weighted by molar-refractivity contribution is 0.206. The molecule has 0 radical (unpaired) electrons. The van der Waals surface area contributed by atoms with E-state index in [4.69, 9.17) is 0 Å². The van der Waals surface area contributed by atoms with Crippen LogP contribution in [0.4, 0.5) is 4.79 Å². The molecule has 0 saturated heterocycles. The fourth-order valence-electron chi connectivity index (χ4n) is 2.29. The lowest BCUT2D eigenvalue weighted by Gasteiger charge is -2.32. The normalized spacial score (nSPS) is 14.3. The van der Waals surface area contributed by atoms with Crippen LogP contribution in [-0.4, -0.2) is 36.4 Å². The summed E-state index contributed by atoms with van der Waals surface area (Å²) in [6.07, 6.45) is 6.99. The van der Waals surface area contributed by atoms with Crippen LogP contribution in [0, 0.1) is 5.41 Å². The van der Waals surface area contributed by atoms with Crippen molar-refractivity contribution in [2.75, 3.05) is 0 Å². The molecular formula is C15H25N7O. The molecule has 2 atom stereocenters. The van der Waals surface area contributed by atoms with Crippen molar-refractivity contribution in [3.63, 3.8) is 0 Å². The minimum atomic E-state index is -0.226. The Hall–Kier alpha value is -2.38. The molecule has 0 aromatic carbocycles. The number of carbonyl (C=O) groups is 1. The zero-order valence-electron chi connectivity index (χ0n) is 14.3. The van der Waals surface area contributed by atoms with Gasteiger partial charge in [-0.05, 0) is 12.3 Å². The van der Waals surface area contributed by atoms with E-state index in [-0.39, 0.29) is 23.5 Å². The molecule has 2 heterocycles. The summed E-state index contributed by atoms with van der Waals surface area (Å²) in [6.45, 7) is 8.84. The SMILES string of the molecule is CC(NC(=O)NC(Cn1ccnc1)C(C)(C)C)c1nncn1C. The highest BCUT2D eigenvalue weighted by molar-refractivity contribution is 5.74. The van der Waals surface area contributed by atoms with Gasteiger partial charge in [-0.15, -0.1) is 10.2 Å². The first kappa shape index (κ1) is 17.0. The third-order valence-electron chi connectivity index (χ3n) is 3.78. The number of hydrogen-bond donors (Lipinski definition) is 2. The first-order valence-corrected chi connectivity index (χ1v) is 7.64. The minimum absolute atomic E-state index is 0.0385. The van der Waals surface area contributed by atoms with Crippen LogP contribution in [0.15, 0.2) is 25.0 Å². The molecule has 0 saturated carbocycles. The molecule has 2 unspecified atom stereocenters. The summed E-state index contributed by atoms with van der Waals surface area (Å²) in [5.74, 6) is 0.710. The van der Waals surface area contributed by atoms with Crippen molar-refractivity contribution in [1.82, 2.24) is 34.9 Å². The molecule has 2 aromatic heterocycles. The van der Waals surface area contributed by atoms with Crippen LogP contribution in [-0.2, 0) is 13.6 Å². The van der Waals surface area contributed by atoms with Crippen molar-refractivity contribution >= 4 is 6.03 Å². The van der Waals surface area contributed by atoms with Crippen LogP contribution in [0.1, 0.15) is 39.6 Å². The van der Waals surface area contributed by atoms with Crippen LogP contribution in [0.2, 0.25) is 0 Å². The molecule has 8 heteroatoms. The summed E-state index contributed by atoms with van der Waals surface area (Å²) in [7, 11) is 1.85. The molecule has 2 aromatic rings. The first-order chi connectivity index (χ1) is 10.8. The van der Waals surface area contributed by atoms with Gasteiger partial charge >= 0.3 is 6.03 Å². The predicted molar refractivity (Wildman–Crippen MR) is 86.6 cm³/mol. The average molecular weight is 319 g/mol. The van der Waals surface area contributed by atoms with Crippen LogP contribution < -0.4 is 10.6 Å². The van der Waals surface area contributed by atoms with E-state index in [1.54, 1.807) is 23.4 Å². The highest BCUT2D eigenvalue weighted by Gasteiger charge is 2.27. The second kappa shape index (κ2) is 6.80. The molecule has 0 fully saturated rings. The number of hydrogen-bond acceptors (Lipinski definition) is 4. The minimum Gasteiger partial charge on any atom is -0.335 e. The van der Waals surface area contributed by atoms with E-state index in [9.17, 15) is 4.79 Å². The van der Waals surface area contributed by atoms with E-state index in [0.29, 0.717) is 12.4 Å². The van der Waals surface area contributed by atoms with Gasteiger partial charge in [-0.2, -0.15) is 0 Å². The second-order valence-electron chi connectivity index (χ2n) is 6.82. The van der Waals surface area contributed by atoms with E-state index in [0.717, 1.165) is 0 Å². The average Bonchev–Trinajstić information content (AvgIpc) is 3.08. The number of rotatable bonds is 5. The van der Waals surface area contributed by atoms with Gasteiger partial charge in [0.05, 0.1) is 18.4 Å². The van der Waals surface area contributed by atoms with E-state index >= 15 is 0 Å². The van der Waals surface area contributed by atoms with E-state index in [1.807, 2.05) is 24.7 Å². The van der Waals surface area contributed by atoms with E-state index in [2.05, 4.69) is 46.6 Å². The number of aryl methyl sites for hydroxylation is 1. The molecule has 0 aliphatic heterocycles. The van der Waals surface area contributed by atoms with Gasteiger partial charge < -0.3 is 19.8 Å². The Kier molecular flexibility index (Phi) is 5.02. The Balaban J connectivity index is 1.99. The predicted octanol–water partition coefficient (Wildman–Crippen LogP) is 1.49. The number of urea groups is 1. The summed E-state index contributed by atoms with van der Waals surface area (Å²) >= 11 is 0. The molecule has 2 N–H and O–H groups in total. The maximum absolute atomic E-state index is 12.3. The lowest BCUT2D eigenvalue weighted by Crippen LogP contribution is -2.50. The third kappa shape index (κ3) is 4.54. The van der Waals surface area contributed by atoms with Crippen LogP contribution in [0.25, 0.3) is 0 Å². The lowest BCUT2D eigenvalue weighted by atomic mass is 9.86. The van der Waals surface area contributed by atoms with E-state index < -0.39 is 0 Å². The second-order valence-corrected chi connectivity index (χ2v) is 6.82. The Morgan fingerprint density at radius 1 is 1.30 bits per heavy atom. The Morgan fingerprint density at radius 3 is 2.57 bits per heavy atom. The van der Waals surface area contributed by atoms with Crippen molar-refractivity contribution < 1.29 is 4.79 Å². The van der Waals surface area contributed by atoms with Gasteiger partial charge in [0, 0.05) is 26.0 Å². The molecular weight excluding hydrogens is 294 g/mol. The zero-order chi connectivity index (χ0) is 17.0. The highest BCUT2D eigenvalue weighted by Crippen LogP contribution is 2.21. The van der Waals surface area contributed by atoms with Gasteiger partial charge in [0.2, 0.25) is 0 Å². The molecule has 126 valence electrons. The quantitative estimate of drug-likeness (QED) is 0.873. The molecule has 23 heavy (non-hydrogen) atoms. The largest absolute Gasteiger partial charge is 0.335 e. The standard InChI is InChI=1S/C15H25N7O/c1-11(13-20-17-10-21(13)5)18-14(23)19-12(15(2,3)4)8-22-7-6-16-9-22/h6-7,9-12H,8H2,1-5H3,(H2,18,19,23). The van der Waals surface area contributed by atoms with Crippen LogP contribution in [0.3, 0.4) is 0 Å². The van der Waals surface area contributed by atoms with Gasteiger partial charge in [0.25, 0.3) is 0 Å². The number of nitrogens with one attached hydrogen (secondary N) is 2. The highest BCUT2D eigenvalue weighted by atomic mass is 16.2. The first-order valence-electron chi connectivity index (χ1n) is 7.64. The fraction of sp³-hybridized carbons (Fsp3) is 0.600. The summed E-state index contributed by atoms with van der Waals surface area (Å²) in [4.78, 5) is 16.4. The molecule has 2 rings (SSSR count). The Morgan fingerprint density at radius 2 is 2.04 bits per heavy atom. The number of amides is 2. The van der Waals surface area contributed by atoms with Gasteiger partial charge in [-0.25, -0.2) is 9.78 Å². The Labute approximate surface area is 136 Å². The van der Waals surface area contributed by atoms with Crippen LogP contribution in [0.5, 0.6) is 0 Å². The maximum Gasteiger partial charge on any atom is 0.315 e. The monoisotopic (exact) mass is 319 g/mol. The molecule has 0 spiro atoms. The molecule has 0 aliphatic carbocycles. The third-order valence-corrected chi connectivity index (χ3v) is 3.78. The van der Waals surface area contributed by atoms with Crippen molar-refractivity contribution in [3.8, 4) is 0 Å². The summed E-state index contributed by atoms with van der Waals surface area (Å²) < 4.78 is 3.75. The van der Waals surface area contributed by atoms with Gasteiger partial charge in [-0.1, -0.05) is 20.8 Å². The number of nitrogens with zero attached hydrogens (tertiary/aromatic N) is 5. The smallest absolute Gasteiger partial charge is 0.315 e. The number of carbonyl (C=O) groups excluding carboxylic acids is 1. The van der Waals surface area contributed by atoms with Crippen molar-refractivity contribution in [2.24, 2.45) is 12.5 Å². The summed E-state index contributed by atoms with van der Waals surface area (Å²) in [5.41, 5.74) is -0.0877. The molecule has 8 nitrogen and oxygen atoms in total. The molecule has 0 bridgehead atoms. The van der Waals surface area contributed by atoms with Gasteiger partial charge in [-0.3, -0.25) is 0 Å². The number of imidazole rings is 1. The topological polar surface area (TPSA) is 89.7 Å². The van der Waals surface area contributed by atoms with E-state index in [1.165, 1.54) is 0 Å². The summed E-state index contributed by atoms with van der Waals surface area (Å²) in [5, 5.41) is 13.8. The summed E-state index contributed by atoms with van der Waals surface area (Å²) in [6, 6.07) is -0.486. The fourth-order valence-corrected chi connectivity index (χ4v) is 2.29. The van der Waals surface area contributed by atoms with Crippen LogP contribution >= 0.6 is 0 Å². The Bertz CT molecular complexity index is 627. The van der Waals surface area contributed by atoms with Crippen molar-refractivity contribution in [3.05, 3.63) is 30.9 Å².